The maximum Gasteiger partial charge on any atom is 0.410 e. The number of ether oxygens (including phenoxy) is 4. The topological polar surface area (TPSA) is 251 Å². The Hall–Kier alpha value is -8.00. The van der Waals surface area contributed by atoms with Gasteiger partial charge in [-0.15, -0.1) is 22.7 Å². The summed E-state index contributed by atoms with van der Waals surface area (Å²) in [5.41, 5.74) is 2.56. The van der Waals surface area contributed by atoms with Gasteiger partial charge in [0.2, 0.25) is 0 Å². The zero-order valence-corrected chi connectivity index (χ0v) is 63.0. The fraction of sp³-hybridized carbons (Fsp3) is 0.611. The van der Waals surface area contributed by atoms with Crippen molar-refractivity contribution in [3.05, 3.63) is 60.8 Å². The number of likely N-dealkylation sites (N-methyl/N-ethyl adjacent to an activating group) is 2. The van der Waals surface area contributed by atoms with E-state index in [4.69, 9.17) is 38.3 Å². The molecular formula is C72H97N17O7S3. The Kier molecular flexibility index (Phi) is 23.0. The van der Waals surface area contributed by atoms with Gasteiger partial charge in [0.1, 0.15) is 68.6 Å². The third-order valence-electron chi connectivity index (χ3n) is 18.9. The highest BCUT2D eigenvalue weighted by molar-refractivity contribution is 7.16. The summed E-state index contributed by atoms with van der Waals surface area (Å²) in [7, 11) is 11.9. The Morgan fingerprint density at radius 1 is 0.636 bits per heavy atom. The van der Waals surface area contributed by atoms with E-state index in [0.717, 1.165) is 115 Å². The van der Waals surface area contributed by atoms with E-state index >= 15 is 0 Å². The van der Waals surface area contributed by atoms with E-state index in [0.29, 0.717) is 92.1 Å². The molecule has 2 amide bonds. The summed E-state index contributed by atoms with van der Waals surface area (Å²) in [6, 6.07) is 11.6. The number of aryl methyl sites for hydroxylation is 2. The molecule has 0 aromatic carbocycles. The summed E-state index contributed by atoms with van der Waals surface area (Å²) in [6.45, 7) is 25.8. The second-order valence-electron chi connectivity index (χ2n) is 29.6. The van der Waals surface area contributed by atoms with Crippen LogP contribution in [0.4, 0.5) is 31.2 Å². The molecule has 27 heteroatoms. The molecule has 6 atom stereocenters. The molecule has 0 bridgehead atoms. The van der Waals surface area contributed by atoms with Gasteiger partial charge in [-0.3, -0.25) is 14.6 Å². The first-order valence-electron chi connectivity index (χ1n) is 34.5. The second kappa shape index (κ2) is 30.9. The van der Waals surface area contributed by atoms with Crippen LogP contribution in [0, 0.1) is 34.5 Å². The van der Waals surface area contributed by atoms with Crippen molar-refractivity contribution in [2.45, 2.75) is 180 Å². The first kappa shape index (κ1) is 73.7. The van der Waals surface area contributed by atoms with Crippen LogP contribution >= 0.6 is 34.2 Å². The van der Waals surface area contributed by atoms with Crippen molar-refractivity contribution >= 4 is 86.5 Å². The lowest BCUT2D eigenvalue weighted by Crippen LogP contribution is -2.50. The lowest BCUT2D eigenvalue weighted by atomic mass is 9.71. The van der Waals surface area contributed by atoms with Gasteiger partial charge in [-0.05, 0) is 183 Å². The van der Waals surface area contributed by atoms with Crippen LogP contribution in [0.2, 0.25) is 0 Å². The number of piperazine rings is 2. The molecule has 24 nitrogen and oxygen atoms in total. The minimum atomic E-state index is -0.689. The normalized spacial score (nSPS) is 21.9. The fourth-order valence-corrected chi connectivity index (χ4v) is 17.3. The quantitative estimate of drug-likeness (QED) is 0.0310. The van der Waals surface area contributed by atoms with E-state index in [-0.39, 0.29) is 47.6 Å². The van der Waals surface area contributed by atoms with Crippen molar-refractivity contribution < 1.29 is 33.3 Å². The number of anilines is 2. The molecule has 11 rings (SSSR count). The monoisotopic (exact) mass is 1410 g/mol. The Balaban J connectivity index is 0.000000214. The lowest BCUT2D eigenvalue weighted by Gasteiger charge is -2.36. The standard InChI is InChI=1S/C36H49N9O3S2.C36H48N8O4S/c1-23(27-11-10-14-43(27)8)47-33-39-25(20-30(40-33)44-15-17-45(18-16-44)34(46)48-35(2,3)4)26-19-29(50-41-26)36(5)13-9-12-28-31(36)24(21-37)32(49-28)38-22-42(6)7;1-24(27-11-10-16-42(27)8)47-33-39-26(21-30(40-33)43-17-19-44(20-18-43)34(46)48-35(2,3)4)28(45)13-15-36(5)14-9-12-29-31(36)25(22-37)32(49-29)38-23-41(6)7/h19-20,22-23,27H,9-18H2,1-8H3;21,23-24,27H,9-12,14,16-20H2,1-8H3/t23-,27-,36+;24-,27-,36+/m00/s1. The highest BCUT2D eigenvalue weighted by atomic mass is 32.1. The summed E-state index contributed by atoms with van der Waals surface area (Å²) in [6.07, 6.45) is 12.2. The van der Waals surface area contributed by atoms with E-state index in [9.17, 15) is 24.9 Å². The molecule has 99 heavy (non-hydrogen) atoms. The van der Waals surface area contributed by atoms with Crippen molar-refractivity contribution in [2.75, 3.05) is 118 Å². The van der Waals surface area contributed by atoms with Gasteiger partial charge in [0.05, 0.1) is 34.9 Å². The lowest BCUT2D eigenvalue weighted by molar-refractivity contribution is 0.0230. The third kappa shape index (κ3) is 17.6. The molecule has 9 heterocycles. The fourth-order valence-electron chi connectivity index (χ4n) is 13.9. The van der Waals surface area contributed by atoms with Gasteiger partial charge in [-0.2, -0.15) is 34.8 Å². The average Bonchev–Trinajstić information content (AvgIpc) is 1.73. The minimum Gasteiger partial charge on any atom is -0.459 e. The zero-order valence-electron chi connectivity index (χ0n) is 60.5. The van der Waals surface area contributed by atoms with E-state index < -0.39 is 22.4 Å². The van der Waals surface area contributed by atoms with Gasteiger partial charge in [0.25, 0.3) is 5.78 Å². The Bertz CT molecular complexity index is 3960. The number of fused-ring (bicyclic) bond motifs is 2. The van der Waals surface area contributed by atoms with E-state index in [1.54, 1.807) is 39.9 Å². The molecule has 0 radical (unpaired) electrons. The van der Waals surface area contributed by atoms with Crippen LogP contribution in [-0.4, -0.2) is 228 Å². The molecule has 2 aliphatic carbocycles. The van der Waals surface area contributed by atoms with Gasteiger partial charge >= 0.3 is 24.2 Å². The molecule has 0 N–H and O–H groups in total. The van der Waals surface area contributed by atoms with Crippen LogP contribution in [0.25, 0.3) is 11.4 Å². The van der Waals surface area contributed by atoms with Crippen molar-refractivity contribution in [3.8, 4) is 47.4 Å². The number of nitriles is 2. The minimum absolute atomic E-state index is 0.0903. The number of thiophene rings is 2. The molecule has 530 valence electrons. The molecule has 6 aliphatic rings. The van der Waals surface area contributed by atoms with Crippen LogP contribution in [-0.2, 0) is 33.1 Å². The highest BCUT2D eigenvalue weighted by Gasteiger charge is 2.42. The number of hydrogen-bond donors (Lipinski definition) is 0. The molecule has 5 aromatic rings. The van der Waals surface area contributed by atoms with Crippen LogP contribution < -0.4 is 19.3 Å². The predicted octanol–water partition coefficient (Wildman–Crippen LogP) is 11.3. The number of amides is 2. The van der Waals surface area contributed by atoms with E-state index in [1.165, 1.54) is 27.7 Å². The van der Waals surface area contributed by atoms with Gasteiger partial charge < -0.3 is 48.3 Å². The number of likely N-dealkylation sites (tertiary alicyclic amines) is 2. The summed E-state index contributed by atoms with van der Waals surface area (Å²) < 4.78 is 28.9. The molecule has 0 unspecified atom stereocenters. The number of Topliss-reactive ketones (excluding diaryl/α,β-unsaturated/α-hetero) is 1. The van der Waals surface area contributed by atoms with Crippen LogP contribution in [0.5, 0.6) is 12.0 Å². The summed E-state index contributed by atoms with van der Waals surface area (Å²) in [5, 5.41) is 21.9. The number of rotatable bonds is 15. The van der Waals surface area contributed by atoms with Gasteiger partial charge in [0, 0.05) is 130 Å². The molecular weight excluding hydrogens is 1310 g/mol. The van der Waals surface area contributed by atoms with Crippen molar-refractivity contribution in [1.29, 1.82) is 10.5 Å². The van der Waals surface area contributed by atoms with Crippen molar-refractivity contribution in [1.82, 2.24) is 53.7 Å². The van der Waals surface area contributed by atoms with Crippen LogP contribution in [0.3, 0.4) is 0 Å². The number of aliphatic imine (C=N–C) groups is 2. The molecule has 4 aliphatic heterocycles. The number of aromatic nitrogens is 5. The summed E-state index contributed by atoms with van der Waals surface area (Å²) >= 11 is 4.62. The zero-order chi connectivity index (χ0) is 71.3. The second-order valence-corrected chi connectivity index (χ2v) is 32.5. The summed E-state index contributed by atoms with van der Waals surface area (Å²) in [4.78, 5) is 87.0. The average molecular weight is 1410 g/mol. The maximum absolute atomic E-state index is 13.8. The Morgan fingerprint density at radius 3 is 1.59 bits per heavy atom. The number of ketones is 1. The van der Waals surface area contributed by atoms with E-state index in [2.05, 4.69) is 87.7 Å². The Labute approximate surface area is 596 Å². The van der Waals surface area contributed by atoms with E-state index in [1.807, 2.05) is 104 Å². The molecule has 0 spiro atoms. The first-order chi connectivity index (χ1) is 46.9. The van der Waals surface area contributed by atoms with Gasteiger partial charge in [0.15, 0.2) is 0 Å². The first-order valence-corrected chi connectivity index (χ1v) is 36.9. The largest absolute Gasteiger partial charge is 0.459 e. The number of nitrogens with zero attached hydrogens (tertiary/aromatic N) is 17. The smallest absolute Gasteiger partial charge is 0.410 e. The molecule has 5 aromatic heterocycles. The maximum atomic E-state index is 13.8. The summed E-state index contributed by atoms with van der Waals surface area (Å²) in [5.74, 6) is 7.01. The predicted molar refractivity (Wildman–Crippen MR) is 390 cm³/mol. The third-order valence-corrected chi connectivity index (χ3v) is 22.3. The molecule has 0 saturated carbocycles. The van der Waals surface area contributed by atoms with Gasteiger partial charge in [-0.1, -0.05) is 12.8 Å². The molecule has 4 fully saturated rings. The Morgan fingerprint density at radius 2 is 1.11 bits per heavy atom. The van der Waals surface area contributed by atoms with Crippen molar-refractivity contribution in [3.63, 3.8) is 0 Å². The van der Waals surface area contributed by atoms with Crippen molar-refractivity contribution in [2.24, 2.45) is 9.98 Å². The van der Waals surface area contributed by atoms with Crippen LogP contribution in [0.15, 0.2) is 28.2 Å². The number of carbonyl (C=O) groups is 3. The van der Waals surface area contributed by atoms with Gasteiger partial charge in [-0.25, -0.2) is 19.6 Å². The number of hydrogen-bond acceptors (Lipinski definition) is 23. The van der Waals surface area contributed by atoms with Crippen LogP contribution in [0.1, 0.15) is 168 Å². The number of carbonyl (C=O) groups excluding carboxylic acids is 3. The highest BCUT2D eigenvalue weighted by Crippen LogP contribution is 2.52. The molecule has 4 saturated heterocycles. The SMILES string of the molecule is C[C@H](Oc1nc(-c2cc([C@@]3(C)CCCc4sc(N=CN(C)C)c(C#N)c43)sn2)cc(N2CCN(C(=O)OC(C)(C)C)CC2)n1)[C@@H]1CCCN1C.C[C@H](Oc1nc(C(=O)C#C[C@@]2(C)CCCc3sc(N=CN(C)C)c(C#N)c32)cc(N2CCN(C(=O)OC(C)(C)C)CC2)n1)[C@@H]1CCCN1C.